The van der Waals surface area contributed by atoms with E-state index in [1.54, 1.807) is 0 Å². The molecule has 0 spiro atoms. The summed E-state index contributed by atoms with van der Waals surface area (Å²) in [5.41, 5.74) is 1.09. The number of tetrazole rings is 1. The lowest BCUT2D eigenvalue weighted by molar-refractivity contribution is -0.136. The van der Waals surface area contributed by atoms with Gasteiger partial charge >= 0.3 is 0 Å². The van der Waals surface area contributed by atoms with E-state index in [4.69, 9.17) is 0 Å². The molecule has 8 nitrogen and oxygen atoms in total. The summed E-state index contributed by atoms with van der Waals surface area (Å²) in [6, 6.07) is 6.30. The Morgan fingerprint density at radius 3 is 2.96 bits per heavy atom. The summed E-state index contributed by atoms with van der Waals surface area (Å²) < 4.78 is 1.49. The normalized spacial score (nSPS) is 24.1. The standard InChI is InChI=1S/C16H21N7O/c24-16(11-22-12-18-19-20-22)23-8-13-4-5-15(23)10-21(7-13)9-14-3-1-2-6-17-14/h1-3,6,12-13,15H,4-5,7-11H2/t13-,15+/m1/s1. The molecule has 5 heterocycles. The zero-order valence-corrected chi connectivity index (χ0v) is 13.5. The van der Waals surface area contributed by atoms with Crippen LogP contribution >= 0.6 is 0 Å². The second-order valence-electron chi connectivity index (χ2n) is 6.67. The van der Waals surface area contributed by atoms with Gasteiger partial charge in [0.15, 0.2) is 0 Å². The number of carbonyl (C=O) groups excluding carboxylic acids is 1. The van der Waals surface area contributed by atoms with E-state index in [1.807, 2.05) is 23.2 Å². The molecular formula is C16H21N7O. The molecule has 2 aromatic rings. The highest BCUT2D eigenvalue weighted by Gasteiger charge is 2.37. The van der Waals surface area contributed by atoms with Gasteiger partial charge in [0.05, 0.1) is 5.69 Å². The molecule has 3 aliphatic heterocycles. The first-order valence-electron chi connectivity index (χ1n) is 8.40. The molecule has 24 heavy (non-hydrogen) atoms. The van der Waals surface area contributed by atoms with Gasteiger partial charge in [0.2, 0.25) is 5.91 Å². The van der Waals surface area contributed by atoms with Crippen molar-refractivity contribution in [3.05, 3.63) is 36.4 Å². The van der Waals surface area contributed by atoms with Crippen molar-refractivity contribution in [2.24, 2.45) is 5.92 Å². The number of hydrogen-bond acceptors (Lipinski definition) is 6. The zero-order valence-electron chi connectivity index (χ0n) is 13.5. The number of nitrogens with zero attached hydrogens (tertiary/aromatic N) is 7. The van der Waals surface area contributed by atoms with Crippen LogP contribution in [-0.4, -0.2) is 66.6 Å². The Kier molecular flexibility index (Phi) is 4.20. The van der Waals surface area contributed by atoms with E-state index in [9.17, 15) is 4.79 Å². The van der Waals surface area contributed by atoms with Crippen LogP contribution in [0.15, 0.2) is 30.7 Å². The van der Waals surface area contributed by atoms with Crippen molar-refractivity contribution in [1.82, 2.24) is 35.0 Å². The van der Waals surface area contributed by atoms with Crippen LogP contribution in [0.25, 0.3) is 0 Å². The third-order valence-corrected chi connectivity index (χ3v) is 4.91. The lowest BCUT2D eigenvalue weighted by atomic mass is 9.95. The van der Waals surface area contributed by atoms with Gasteiger partial charge in [-0.3, -0.25) is 14.7 Å². The molecule has 0 saturated carbocycles. The molecule has 3 fully saturated rings. The third kappa shape index (κ3) is 3.28. The predicted octanol–water partition coefficient (Wildman–Crippen LogP) is 0.191. The van der Waals surface area contributed by atoms with Crippen LogP contribution in [0.4, 0.5) is 0 Å². The Hall–Kier alpha value is -2.35. The number of fused-ring (bicyclic) bond motifs is 4. The Morgan fingerprint density at radius 1 is 1.21 bits per heavy atom. The molecule has 0 aliphatic carbocycles. The third-order valence-electron chi connectivity index (χ3n) is 4.91. The van der Waals surface area contributed by atoms with E-state index in [0.717, 1.165) is 38.3 Å². The molecule has 0 radical (unpaired) electrons. The first kappa shape index (κ1) is 15.2. The van der Waals surface area contributed by atoms with Crippen LogP contribution in [0.5, 0.6) is 0 Å². The van der Waals surface area contributed by atoms with Crippen LogP contribution < -0.4 is 0 Å². The van der Waals surface area contributed by atoms with Crippen molar-refractivity contribution >= 4 is 5.91 Å². The van der Waals surface area contributed by atoms with Gasteiger partial charge in [-0.1, -0.05) is 6.07 Å². The van der Waals surface area contributed by atoms with Gasteiger partial charge in [0.1, 0.15) is 12.9 Å². The minimum atomic E-state index is 0.108. The minimum absolute atomic E-state index is 0.108. The molecule has 8 heteroatoms. The Balaban J connectivity index is 1.43. The first-order valence-corrected chi connectivity index (χ1v) is 8.40. The lowest BCUT2D eigenvalue weighted by Gasteiger charge is -2.36. The first-order chi connectivity index (χ1) is 11.8. The van der Waals surface area contributed by atoms with E-state index < -0.39 is 0 Å². The largest absolute Gasteiger partial charge is 0.336 e. The van der Waals surface area contributed by atoms with Gasteiger partial charge < -0.3 is 4.90 Å². The highest BCUT2D eigenvalue weighted by atomic mass is 16.2. The Morgan fingerprint density at radius 2 is 2.17 bits per heavy atom. The van der Waals surface area contributed by atoms with Gasteiger partial charge in [-0.2, -0.15) is 0 Å². The summed E-state index contributed by atoms with van der Waals surface area (Å²) in [5.74, 6) is 0.641. The van der Waals surface area contributed by atoms with Gasteiger partial charge in [-0.05, 0) is 41.3 Å². The second kappa shape index (κ2) is 6.64. The average Bonchev–Trinajstić information content (AvgIpc) is 2.95. The summed E-state index contributed by atoms with van der Waals surface area (Å²) in [6.07, 6.45) is 5.59. The molecule has 3 aliphatic rings. The molecule has 1 amide bonds. The second-order valence-corrected chi connectivity index (χ2v) is 6.67. The summed E-state index contributed by atoms with van der Waals surface area (Å²) in [6.45, 7) is 3.85. The van der Waals surface area contributed by atoms with Crippen LogP contribution in [0.1, 0.15) is 18.5 Å². The molecule has 2 aromatic heterocycles. The Bertz CT molecular complexity index is 675. The smallest absolute Gasteiger partial charge is 0.244 e. The van der Waals surface area contributed by atoms with E-state index in [1.165, 1.54) is 17.4 Å². The van der Waals surface area contributed by atoms with Crippen LogP contribution in [-0.2, 0) is 17.9 Å². The maximum atomic E-state index is 12.7. The van der Waals surface area contributed by atoms with Gasteiger partial charge in [0, 0.05) is 38.4 Å². The number of rotatable bonds is 4. The van der Waals surface area contributed by atoms with Crippen molar-refractivity contribution in [3.8, 4) is 0 Å². The molecule has 0 aromatic carbocycles. The summed E-state index contributed by atoms with van der Waals surface area (Å²) in [5, 5.41) is 11.0. The van der Waals surface area contributed by atoms with Gasteiger partial charge in [-0.25, -0.2) is 4.68 Å². The molecular weight excluding hydrogens is 306 g/mol. The molecule has 126 valence electrons. The molecule has 0 N–H and O–H groups in total. The zero-order chi connectivity index (χ0) is 16.4. The summed E-state index contributed by atoms with van der Waals surface area (Å²) in [7, 11) is 0. The predicted molar refractivity (Wildman–Crippen MR) is 85.6 cm³/mol. The number of piperidine rings is 1. The minimum Gasteiger partial charge on any atom is -0.336 e. The molecule has 5 rings (SSSR count). The quantitative estimate of drug-likeness (QED) is 0.798. The summed E-state index contributed by atoms with van der Waals surface area (Å²) >= 11 is 0. The molecule has 2 bridgehead atoms. The van der Waals surface area contributed by atoms with Crippen molar-refractivity contribution in [3.63, 3.8) is 0 Å². The number of hydrogen-bond donors (Lipinski definition) is 0. The monoisotopic (exact) mass is 327 g/mol. The number of aromatic nitrogens is 5. The van der Waals surface area contributed by atoms with Crippen molar-refractivity contribution in [2.45, 2.75) is 32.0 Å². The topological polar surface area (TPSA) is 80.0 Å². The summed E-state index contributed by atoms with van der Waals surface area (Å²) in [4.78, 5) is 21.6. The van der Waals surface area contributed by atoms with E-state index in [0.29, 0.717) is 5.92 Å². The van der Waals surface area contributed by atoms with Crippen molar-refractivity contribution in [1.29, 1.82) is 0 Å². The van der Waals surface area contributed by atoms with E-state index in [2.05, 4.69) is 31.5 Å². The Labute approximate surface area is 140 Å². The average molecular weight is 327 g/mol. The van der Waals surface area contributed by atoms with Crippen LogP contribution in [0.2, 0.25) is 0 Å². The number of carbonyl (C=O) groups is 1. The fourth-order valence-electron chi connectivity index (χ4n) is 3.82. The van der Waals surface area contributed by atoms with Gasteiger partial charge in [0.25, 0.3) is 0 Å². The number of pyridine rings is 1. The fraction of sp³-hybridized carbons (Fsp3) is 0.562. The molecule has 2 atom stereocenters. The maximum Gasteiger partial charge on any atom is 0.244 e. The van der Waals surface area contributed by atoms with E-state index >= 15 is 0 Å². The lowest BCUT2D eigenvalue weighted by Crippen LogP contribution is -2.48. The van der Waals surface area contributed by atoms with Gasteiger partial charge in [-0.15, -0.1) is 5.10 Å². The SMILES string of the molecule is O=C(Cn1cnnn1)N1C[C@@H]2CC[C@H]1CN(Cc1ccccn1)C2. The van der Waals surface area contributed by atoms with E-state index in [-0.39, 0.29) is 18.5 Å². The van der Waals surface area contributed by atoms with Crippen molar-refractivity contribution < 1.29 is 4.79 Å². The van der Waals surface area contributed by atoms with Crippen LogP contribution in [0, 0.1) is 5.92 Å². The molecule has 0 unspecified atom stereocenters. The molecule has 3 saturated heterocycles. The number of amides is 1. The maximum absolute atomic E-state index is 12.7. The van der Waals surface area contributed by atoms with Crippen molar-refractivity contribution in [2.75, 3.05) is 19.6 Å². The van der Waals surface area contributed by atoms with Crippen LogP contribution in [0.3, 0.4) is 0 Å². The fourth-order valence-corrected chi connectivity index (χ4v) is 3.82. The highest BCUT2D eigenvalue weighted by Crippen LogP contribution is 2.28. The highest BCUT2D eigenvalue weighted by molar-refractivity contribution is 5.76.